The van der Waals surface area contributed by atoms with Crippen molar-refractivity contribution in [3.05, 3.63) is 58.8 Å². The Morgan fingerprint density at radius 3 is 2.80 bits per heavy atom. The highest BCUT2D eigenvalue weighted by Crippen LogP contribution is 2.50. The summed E-state index contributed by atoms with van der Waals surface area (Å²) in [6.45, 7) is 0.221. The zero-order valence-electron chi connectivity index (χ0n) is 19.0. The van der Waals surface area contributed by atoms with Crippen LogP contribution in [0.15, 0.2) is 36.7 Å². The van der Waals surface area contributed by atoms with Gasteiger partial charge in [-0.05, 0) is 55.2 Å². The van der Waals surface area contributed by atoms with E-state index in [0.717, 1.165) is 5.69 Å². The highest BCUT2D eigenvalue weighted by atomic mass is 35.5. The maximum absolute atomic E-state index is 14.8. The number of methoxy groups -OCH3 is 1. The van der Waals surface area contributed by atoms with Crippen LogP contribution in [0, 0.1) is 11.2 Å². The van der Waals surface area contributed by atoms with Crippen LogP contribution in [0.4, 0.5) is 16.0 Å². The smallest absolute Gasteiger partial charge is 0.151 e. The highest BCUT2D eigenvalue weighted by molar-refractivity contribution is 6.33. The Morgan fingerprint density at radius 2 is 2.03 bits per heavy atom. The molecule has 11 heteroatoms. The van der Waals surface area contributed by atoms with Crippen molar-refractivity contribution >= 4 is 39.7 Å². The maximum Gasteiger partial charge on any atom is 0.151 e. The Kier molecular flexibility index (Phi) is 6.00. The molecule has 184 valence electrons. The number of anilines is 2. The van der Waals surface area contributed by atoms with Crippen molar-refractivity contribution in [2.24, 2.45) is 5.41 Å². The second-order valence-electron chi connectivity index (χ2n) is 9.24. The number of nitrogens with zero attached hydrogens (tertiary/aromatic N) is 4. The summed E-state index contributed by atoms with van der Waals surface area (Å²) in [5, 5.41) is 27.0. The summed E-state index contributed by atoms with van der Waals surface area (Å²) in [5.41, 5.74) is 13.5. The number of aliphatic hydroxyl groups is 2. The first kappa shape index (κ1) is 23.7. The van der Waals surface area contributed by atoms with Crippen molar-refractivity contribution in [2.75, 3.05) is 25.2 Å². The summed E-state index contributed by atoms with van der Waals surface area (Å²) in [7, 11) is 1.56. The average Bonchev–Trinajstić information content (AvgIpc) is 3.36. The predicted octanol–water partition coefficient (Wildman–Crippen LogP) is 2.71. The molecule has 1 aliphatic carbocycles. The van der Waals surface area contributed by atoms with Crippen molar-refractivity contribution in [1.82, 2.24) is 19.6 Å². The second-order valence-corrected chi connectivity index (χ2v) is 9.65. The molecule has 0 amide bonds. The van der Waals surface area contributed by atoms with Crippen LogP contribution in [0.25, 0.3) is 16.4 Å². The van der Waals surface area contributed by atoms with Crippen LogP contribution in [-0.2, 0) is 11.2 Å². The number of ether oxygens (including phenoxy) is 1. The van der Waals surface area contributed by atoms with Gasteiger partial charge in [-0.3, -0.25) is 0 Å². The number of hydrogen-bond acceptors (Lipinski definition) is 8. The quantitative estimate of drug-likeness (QED) is 0.316. The molecule has 0 saturated heterocycles. The van der Waals surface area contributed by atoms with Crippen molar-refractivity contribution in [2.45, 2.75) is 37.4 Å². The Balaban J connectivity index is 1.45. The molecule has 1 fully saturated rings. The summed E-state index contributed by atoms with van der Waals surface area (Å²) in [4.78, 5) is 8.21. The van der Waals surface area contributed by atoms with Gasteiger partial charge in [0.1, 0.15) is 23.5 Å². The van der Waals surface area contributed by atoms with Crippen LogP contribution in [0.2, 0.25) is 5.02 Å². The molecule has 0 radical (unpaired) electrons. The van der Waals surface area contributed by atoms with Gasteiger partial charge in [0.15, 0.2) is 5.82 Å². The SMILES string of the molecule is COC[C@]1(CCc2cc(F)c3cc(Cl)c(N)nc3c2)C[C@@H](c2ccc3c(N)ncnn23)[C@H](O)[C@@H]1O. The lowest BCUT2D eigenvalue weighted by Crippen LogP contribution is -2.40. The van der Waals surface area contributed by atoms with Gasteiger partial charge in [0.25, 0.3) is 0 Å². The number of fused-ring (bicyclic) bond motifs is 2. The number of nitrogens with two attached hydrogens (primary N) is 2. The minimum Gasteiger partial charge on any atom is -0.390 e. The van der Waals surface area contributed by atoms with E-state index in [1.165, 1.54) is 18.5 Å². The Morgan fingerprint density at radius 1 is 1.23 bits per heavy atom. The summed E-state index contributed by atoms with van der Waals surface area (Å²) in [6.07, 6.45) is 0.571. The van der Waals surface area contributed by atoms with E-state index in [2.05, 4.69) is 15.1 Å². The van der Waals surface area contributed by atoms with Crippen LogP contribution < -0.4 is 11.5 Å². The van der Waals surface area contributed by atoms with E-state index in [-0.39, 0.29) is 22.8 Å². The van der Waals surface area contributed by atoms with Gasteiger partial charge in [0.05, 0.1) is 29.4 Å². The molecule has 0 bridgehead atoms. The monoisotopic (exact) mass is 500 g/mol. The fourth-order valence-electron chi connectivity index (χ4n) is 5.36. The fourth-order valence-corrected chi connectivity index (χ4v) is 5.52. The first-order valence-electron chi connectivity index (χ1n) is 11.2. The molecule has 3 aromatic heterocycles. The molecule has 3 heterocycles. The molecular weight excluding hydrogens is 475 g/mol. The third-order valence-corrected chi connectivity index (χ3v) is 7.45. The molecule has 35 heavy (non-hydrogen) atoms. The number of hydrogen-bond donors (Lipinski definition) is 4. The Labute approximate surface area is 205 Å². The van der Waals surface area contributed by atoms with E-state index < -0.39 is 29.4 Å². The number of rotatable bonds is 6. The molecule has 1 saturated carbocycles. The number of benzene rings is 1. The number of aliphatic hydroxyl groups excluding tert-OH is 2. The molecule has 0 aliphatic heterocycles. The third kappa shape index (κ3) is 3.96. The number of aryl methyl sites for hydroxylation is 1. The normalized spacial score (nSPS) is 24.5. The first-order chi connectivity index (χ1) is 16.7. The van der Waals surface area contributed by atoms with Gasteiger partial charge in [-0.25, -0.2) is 18.9 Å². The van der Waals surface area contributed by atoms with Crippen molar-refractivity contribution in [3.63, 3.8) is 0 Å². The number of halogens is 2. The minimum atomic E-state index is -1.06. The van der Waals surface area contributed by atoms with E-state index in [0.29, 0.717) is 41.7 Å². The van der Waals surface area contributed by atoms with Gasteiger partial charge in [-0.2, -0.15) is 5.10 Å². The topological polar surface area (TPSA) is 145 Å². The lowest BCUT2D eigenvalue weighted by atomic mass is 9.78. The zero-order valence-corrected chi connectivity index (χ0v) is 19.8. The van der Waals surface area contributed by atoms with Crippen LogP contribution in [0.3, 0.4) is 0 Å². The minimum absolute atomic E-state index is 0.132. The van der Waals surface area contributed by atoms with Crippen molar-refractivity contribution < 1.29 is 19.3 Å². The fraction of sp³-hybridized carbons (Fsp3) is 0.375. The van der Waals surface area contributed by atoms with Gasteiger partial charge in [-0.1, -0.05) is 11.6 Å². The van der Waals surface area contributed by atoms with Gasteiger partial charge in [-0.15, -0.1) is 0 Å². The van der Waals surface area contributed by atoms with E-state index in [9.17, 15) is 14.6 Å². The third-order valence-electron chi connectivity index (χ3n) is 7.15. The van der Waals surface area contributed by atoms with Crippen LogP contribution >= 0.6 is 11.6 Å². The number of nitrogen functional groups attached to an aromatic ring is 2. The zero-order chi connectivity index (χ0) is 24.9. The number of aromatic nitrogens is 4. The van der Waals surface area contributed by atoms with E-state index in [1.807, 2.05) is 6.07 Å². The Hall–Kier alpha value is -3.05. The van der Waals surface area contributed by atoms with Crippen LogP contribution in [0.1, 0.15) is 30.0 Å². The van der Waals surface area contributed by atoms with Gasteiger partial charge < -0.3 is 26.4 Å². The number of pyridine rings is 1. The van der Waals surface area contributed by atoms with Crippen LogP contribution in [0.5, 0.6) is 0 Å². The van der Waals surface area contributed by atoms with E-state index in [4.69, 9.17) is 27.8 Å². The Bertz CT molecular complexity index is 1420. The average molecular weight is 501 g/mol. The summed E-state index contributed by atoms with van der Waals surface area (Å²) in [5.74, 6) is -0.396. The molecule has 4 aromatic rings. The molecular formula is C24H26ClFN6O3. The molecule has 0 unspecified atom stereocenters. The molecule has 5 rings (SSSR count). The molecule has 1 aliphatic rings. The molecule has 6 N–H and O–H groups in total. The van der Waals surface area contributed by atoms with Gasteiger partial charge in [0, 0.05) is 29.5 Å². The highest BCUT2D eigenvalue weighted by Gasteiger charge is 2.53. The first-order valence-corrected chi connectivity index (χ1v) is 11.6. The van der Waals surface area contributed by atoms with Crippen molar-refractivity contribution in [1.29, 1.82) is 0 Å². The summed E-state index contributed by atoms with van der Waals surface area (Å²) in [6, 6.07) is 8.30. The summed E-state index contributed by atoms with van der Waals surface area (Å²) >= 11 is 5.99. The van der Waals surface area contributed by atoms with E-state index in [1.54, 1.807) is 23.8 Å². The second kappa shape index (κ2) is 8.87. The maximum atomic E-state index is 14.8. The predicted molar refractivity (Wildman–Crippen MR) is 131 cm³/mol. The lowest BCUT2D eigenvalue weighted by Gasteiger charge is -2.32. The van der Waals surface area contributed by atoms with Gasteiger partial charge in [0.2, 0.25) is 0 Å². The van der Waals surface area contributed by atoms with Crippen LogP contribution in [-0.4, -0.2) is 55.7 Å². The molecule has 4 atom stereocenters. The molecule has 0 spiro atoms. The standard InChI is InChI=1S/C24H26ClFN6O3/c1-35-10-24(5-4-12-6-16(26)13-8-15(25)22(27)31-17(13)7-12)9-14(20(33)21(24)34)18-2-3-19-23(28)29-11-30-32(18)19/h2-3,6-8,11,14,20-21,33-34H,4-5,9-10H2,1H3,(H2,27,31)(H2,28,29,30)/t14-,20-,21-,24-/m0/s1. The van der Waals surface area contributed by atoms with Gasteiger partial charge >= 0.3 is 0 Å². The largest absolute Gasteiger partial charge is 0.390 e. The molecule has 1 aromatic carbocycles. The summed E-state index contributed by atoms with van der Waals surface area (Å²) < 4.78 is 21.9. The van der Waals surface area contributed by atoms with Crippen molar-refractivity contribution in [3.8, 4) is 0 Å². The molecule has 9 nitrogen and oxygen atoms in total. The lowest BCUT2D eigenvalue weighted by molar-refractivity contribution is -0.0585. The van der Waals surface area contributed by atoms with E-state index >= 15 is 0 Å².